The lowest BCUT2D eigenvalue weighted by atomic mass is 9.99. The van der Waals surface area contributed by atoms with E-state index in [2.05, 4.69) is 15.5 Å². The summed E-state index contributed by atoms with van der Waals surface area (Å²) in [5.41, 5.74) is 3.36. The molecule has 2 unspecified atom stereocenters. The smallest absolute Gasteiger partial charge is 0.275 e. The molecule has 0 aliphatic carbocycles. The standard InChI is InChI=1S/C19H24N4O3.ClH/c24-17(13-4-2-1-3-5-13)10-14-12-26-9-8-23(14)19(25)18-15-11-20-7-6-16(15)21-22-18;/h1-5,14,17,20,24H,6-12H2,(H,21,22);1H. The van der Waals surface area contributed by atoms with E-state index in [1.807, 2.05) is 30.3 Å². The number of hydrogen-bond donors (Lipinski definition) is 3. The van der Waals surface area contributed by atoms with Crippen LogP contribution in [0, 0.1) is 0 Å². The van der Waals surface area contributed by atoms with E-state index in [9.17, 15) is 9.90 Å². The molecule has 2 aliphatic rings. The lowest BCUT2D eigenvalue weighted by Gasteiger charge is -2.36. The summed E-state index contributed by atoms with van der Waals surface area (Å²) < 4.78 is 5.58. The number of nitrogens with one attached hydrogen (secondary N) is 2. The van der Waals surface area contributed by atoms with E-state index in [0.29, 0.717) is 38.4 Å². The Kier molecular flexibility index (Phi) is 6.49. The Labute approximate surface area is 164 Å². The second kappa shape index (κ2) is 8.84. The minimum absolute atomic E-state index is 0. The van der Waals surface area contributed by atoms with Gasteiger partial charge in [0.05, 0.1) is 25.4 Å². The van der Waals surface area contributed by atoms with Crippen LogP contribution in [-0.4, -0.2) is 58.5 Å². The zero-order valence-electron chi connectivity index (χ0n) is 15.1. The first-order chi connectivity index (χ1) is 12.7. The van der Waals surface area contributed by atoms with Crippen molar-refractivity contribution in [2.24, 2.45) is 0 Å². The van der Waals surface area contributed by atoms with Gasteiger partial charge in [0, 0.05) is 43.7 Å². The second-order valence-corrected chi connectivity index (χ2v) is 6.85. The van der Waals surface area contributed by atoms with Crippen LogP contribution in [-0.2, 0) is 17.7 Å². The molecule has 0 saturated carbocycles. The summed E-state index contributed by atoms with van der Waals surface area (Å²) >= 11 is 0. The van der Waals surface area contributed by atoms with Crippen molar-refractivity contribution in [1.29, 1.82) is 0 Å². The number of aromatic amines is 1. The third-order valence-corrected chi connectivity index (χ3v) is 5.18. The Morgan fingerprint density at radius 3 is 3.00 bits per heavy atom. The van der Waals surface area contributed by atoms with Crippen LogP contribution in [0.5, 0.6) is 0 Å². The maximum atomic E-state index is 13.1. The highest BCUT2D eigenvalue weighted by molar-refractivity contribution is 5.94. The van der Waals surface area contributed by atoms with Crippen LogP contribution >= 0.6 is 12.4 Å². The van der Waals surface area contributed by atoms with Crippen molar-refractivity contribution in [3.05, 3.63) is 52.8 Å². The zero-order chi connectivity index (χ0) is 17.9. The van der Waals surface area contributed by atoms with Crippen LogP contribution in [0.2, 0.25) is 0 Å². The molecular weight excluding hydrogens is 368 g/mol. The Hall–Kier alpha value is -1.93. The molecule has 27 heavy (non-hydrogen) atoms. The summed E-state index contributed by atoms with van der Waals surface area (Å²) in [6, 6.07) is 9.36. The summed E-state index contributed by atoms with van der Waals surface area (Å²) in [6.45, 7) is 3.01. The molecule has 1 aromatic heterocycles. The van der Waals surface area contributed by atoms with E-state index in [-0.39, 0.29) is 24.4 Å². The number of rotatable bonds is 4. The highest BCUT2D eigenvalue weighted by Gasteiger charge is 2.33. The number of hydrogen-bond acceptors (Lipinski definition) is 5. The van der Waals surface area contributed by atoms with Gasteiger partial charge in [-0.3, -0.25) is 9.89 Å². The number of morpholine rings is 1. The van der Waals surface area contributed by atoms with Gasteiger partial charge in [0.2, 0.25) is 0 Å². The number of nitrogens with zero attached hydrogens (tertiary/aromatic N) is 2. The SMILES string of the molecule is Cl.O=C(c1n[nH]c2c1CNCC2)N1CCOCC1CC(O)c1ccccc1. The Balaban J connectivity index is 0.00000210. The van der Waals surface area contributed by atoms with Gasteiger partial charge in [0.15, 0.2) is 5.69 Å². The summed E-state index contributed by atoms with van der Waals surface area (Å²) in [7, 11) is 0. The molecule has 8 heteroatoms. The number of halogens is 1. The molecule has 2 aliphatic heterocycles. The van der Waals surface area contributed by atoms with E-state index in [4.69, 9.17) is 4.74 Å². The van der Waals surface area contributed by atoms with Crippen LogP contribution in [0.4, 0.5) is 0 Å². The Morgan fingerprint density at radius 2 is 2.19 bits per heavy atom. The van der Waals surface area contributed by atoms with Crippen LogP contribution in [0.25, 0.3) is 0 Å². The lowest BCUT2D eigenvalue weighted by molar-refractivity contribution is -0.0177. The fourth-order valence-electron chi connectivity index (χ4n) is 3.72. The monoisotopic (exact) mass is 392 g/mol. The highest BCUT2D eigenvalue weighted by atomic mass is 35.5. The van der Waals surface area contributed by atoms with Gasteiger partial charge in [-0.15, -0.1) is 12.4 Å². The Bertz CT molecular complexity index is 768. The van der Waals surface area contributed by atoms with Gasteiger partial charge in [-0.1, -0.05) is 30.3 Å². The number of carbonyl (C=O) groups excluding carboxylic acids is 1. The van der Waals surface area contributed by atoms with E-state index < -0.39 is 6.10 Å². The number of H-pyrrole nitrogens is 1. The van der Waals surface area contributed by atoms with E-state index in [0.717, 1.165) is 29.8 Å². The fourth-order valence-corrected chi connectivity index (χ4v) is 3.72. The molecule has 1 fully saturated rings. The predicted octanol–water partition coefficient (Wildman–Crippen LogP) is 1.44. The van der Waals surface area contributed by atoms with Crippen LogP contribution in [0.3, 0.4) is 0 Å². The molecule has 3 heterocycles. The van der Waals surface area contributed by atoms with Gasteiger partial charge >= 0.3 is 0 Å². The minimum Gasteiger partial charge on any atom is -0.388 e. The number of ether oxygens (including phenoxy) is 1. The van der Waals surface area contributed by atoms with Crippen LogP contribution < -0.4 is 5.32 Å². The molecule has 2 atom stereocenters. The van der Waals surface area contributed by atoms with Gasteiger partial charge < -0.3 is 20.1 Å². The summed E-state index contributed by atoms with van der Waals surface area (Å²) in [4.78, 5) is 14.9. The Morgan fingerprint density at radius 1 is 1.37 bits per heavy atom. The highest BCUT2D eigenvalue weighted by Crippen LogP contribution is 2.25. The van der Waals surface area contributed by atoms with E-state index in [1.54, 1.807) is 4.90 Å². The number of carbonyl (C=O) groups is 1. The van der Waals surface area contributed by atoms with E-state index >= 15 is 0 Å². The summed E-state index contributed by atoms with van der Waals surface area (Å²) in [6.07, 6.45) is 0.670. The number of aliphatic hydroxyl groups excluding tert-OH is 1. The maximum Gasteiger partial charge on any atom is 0.275 e. The third kappa shape index (κ3) is 4.16. The molecule has 0 radical (unpaired) electrons. The largest absolute Gasteiger partial charge is 0.388 e. The van der Waals surface area contributed by atoms with Crippen molar-refractivity contribution in [2.45, 2.75) is 31.5 Å². The van der Waals surface area contributed by atoms with Gasteiger partial charge in [0.1, 0.15) is 0 Å². The molecule has 7 nitrogen and oxygen atoms in total. The molecule has 146 valence electrons. The van der Waals surface area contributed by atoms with Gasteiger partial charge in [-0.25, -0.2) is 0 Å². The molecule has 1 saturated heterocycles. The zero-order valence-corrected chi connectivity index (χ0v) is 15.9. The number of amides is 1. The predicted molar refractivity (Wildman–Crippen MR) is 103 cm³/mol. The van der Waals surface area contributed by atoms with Crippen molar-refractivity contribution >= 4 is 18.3 Å². The number of benzene rings is 1. The summed E-state index contributed by atoms with van der Waals surface area (Å²) in [5.74, 6) is -0.0836. The molecule has 1 aromatic carbocycles. The van der Waals surface area contributed by atoms with Crippen LogP contribution in [0.1, 0.15) is 39.8 Å². The van der Waals surface area contributed by atoms with Crippen LogP contribution in [0.15, 0.2) is 30.3 Å². The molecule has 4 rings (SSSR count). The molecular formula is C19H25ClN4O3. The average Bonchev–Trinajstić information content (AvgIpc) is 3.13. The van der Waals surface area contributed by atoms with Gasteiger partial charge in [0.25, 0.3) is 5.91 Å². The van der Waals surface area contributed by atoms with Crippen molar-refractivity contribution in [2.75, 3.05) is 26.3 Å². The molecule has 0 bridgehead atoms. The minimum atomic E-state index is -0.632. The molecule has 2 aromatic rings. The first-order valence-electron chi connectivity index (χ1n) is 9.12. The normalized spacial score (nSPS) is 20.5. The van der Waals surface area contributed by atoms with Crippen molar-refractivity contribution in [1.82, 2.24) is 20.4 Å². The first-order valence-corrected chi connectivity index (χ1v) is 9.12. The first kappa shape index (κ1) is 19.8. The van der Waals surface area contributed by atoms with Crippen molar-refractivity contribution in [3.8, 4) is 0 Å². The maximum absolute atomic E-state index is 13.1. The second-order valence-electron chi connectivity index (χ2n) is 6.85. The van der Waals surface area contributed by atoms with Gasteiger partial charge in [-0.2, -0.15) is 5.10 Å². The quantitative estimate of drug-likeness (QED) is 0.732. The average molecular weight is 393 g/mol. The number of fused-ring (bicyclic) bond motifs is 1. The molecule has 0 spiro atoms. The fraction of sp³-hybridized carbons (Fsp3) is 0.474. The number of aromatic nitrogens is 2. The summed E-state index contributed by atoms with van der Waals surface area (Å²) in [5, 5.41) is 21.2. The topological polar surface area (TPSA) is 90.5 Å². The third-order valence-electron chi connectivity index (χ3n) is 5.18. The lowest BCUT2D eigenvalue weighted by Crippen LogP contribution is -2.49. The van der Waals surface area contributed by atoms with Crippen molar-refractivity contribution in [3.63, 3.8) is 0 Å². The number of aliphatic hydroxyl groups is 1. The van der Waals surface area contributed by atoms with Gasteiger partial charge in [-0.05, 0) is 5.56 Å². The molecule has 3 N–H and O–H groups in total. The molecule has 1 amide bonds. The van der Waals surface area contributed by atoms with Crippen molar-refractivity contribution < 1.29 is 14.6 Å². The van der Waals surface area contributed by atoms with E-state index in [1.165, 1.54) is 0 Å².